The molecule has 0 saturated carbocycles. The van der Waals surface area contributed by atoms with Crippen LogP contribution in [0.25, 0.3) is 0 Å². The highest BCUT2D eigenvalue weighted by Crippen LogP contribution is 2.11. The monoisotopic (exact) mass is 278 g/mol. The zero-order chi connectivity index (χ0) is 14.2. The fraction of sp³-hybridized carbons (Fsp3) is 1.00. The molecule has 1 unspecified atom stereocenters. The van der Waals surface area contributed by atoms with E-state index in [1.807, 2.05) is 6.92 Å². The summed E-state index contributed by atoms with van der Waals surface area (Å²) in [6.45, 7) is 9.13. The van der Waals surface area contributed by atoms with E-state index in [2.05, 4.69) is 26.1 Å². The maximum absolute atomic E-state index is 12.0. The molecule has 0 aromatic carbocycles. The van der Waals surface area contributed by atoms with Gasteiger partial charge in [-0.1, -0.05) is 27.2 Å². The first-order valence-corrected chi connectivity index (χ1v) is 8.61. The third-order valence-corrected chi connectivity index (χ3v) is 5.19. The number of hydrogen-bond acceptors (Lipinski definition) is 3. The highest BCUT2D eigenvalue weighted by molar-refractivity contribution is 7.89. The lowest BCUT2D eigenvalue weighted by molar-refractivity contribution is 0.368. The molecule has 1 atom stereocenters. The first-order valence-electron chi connectivity index (χ1n) is 7.00. The molecule has 0 rings (SSSR count). The Bertz CT molecular complexity index is 302. The van der Waals surface area contributed by atoms with Gasteiger partial charge in [0.25, 0.3) is 0 Å². The molecule has 1 N–H and O–H groups in total. The summed E-state index contributed by atoms with van der Waals surface area (Å²) in [7, 11) is -1.38. The van der Waals surface area contributed by atoms with Crippen molar-refractivity contribution >= 4 is 10.0 Å². The maximum atomic E-state index is 12.0. The molecule has 4 nitrogen and oxygen atoms in total. The summed E-state index contributed by atoms with van der Waals surface area (Å²) >= 11 is 0. The van der Waals surface area contributed by atoms with E-state index in [4.69, 9.17) is 0 Å². The molecule has 18 heavy (non-hydrogen) atoms. The summed E-state index contributed by atoms with van der Waals surface area (Å²) in [6, 6.07) is 0.572. The number of nitrogens with one attached hydrogen (secondary N) is 1. The van der Waals surface area contributed by atoms with E-state index in [9.17, 15) is 8.42 Å². The molecule has 5 heteroatoms. The number of sulfonamides is 1. The van der Waals surface area contributed by atoms with Gasteiger partial charge in [-0.05, 0) is 32.7 Å². The van der Waals surface area contributed by atoms with Crippen molar-refractivity contribution in [2.75, 3.05) is 19.3 Å². The first-order chi connectivity index (χ1) is 8.31. The zero-order valence-corrected chi connectivity index (χ0v) is 13.4. The third kappa shape index (κ3) is 7.34. The van der Waals surface area contributed by atoms with Gasteiger partial charge in [0.05, 0.1) is 5.75 Å². The van der Waals surface area contributed by atoms with Crippen LogP contribution in [0.1, 0.15) is 53.4 Å². The molecular formula is C13H30N2O2S. The van der Waals surface area contributed by atoms with Gasteiger partial charge < -0.3 is 5.32 Å². The lowest BCUT2D eigenvalue weighted by Crippen LogP contribution is -2.36. The Morgan fingerprint density at radius 2 is 1.78 bits per heavy atom. The van der Waals surface area contributed by atoms with E-state index in [0.29, 0.717) is 6.04 Å². The summed E-state index contributed by atoms with van der Waals surface area (Å²) < 4.78 is 25.6. The van der Waals surface area contributed by atoms with Crippen molar-refractivity contribution in [3.63, 3.8) is 0 Å². The molecule has 0 aliphatic carbocycles. The molecule has 0 fully saturated rings. The second-order valence-electron chi connectivity index (χ2n) is 5.29. The number of rotatable bonds is 10. The lowest BCUT2D eigenvalue weighted by atomic mass is 10.2. The summed E-state index contributed by atoms with van der Waals surface area (Å²) in [5.41, 5.74) is 0. The molecule has 0 heterocycles. The molecule has 0 aliphatic heterocycles. The zero-order valence-electron chi connectivity index (χ0n) is 12.6. The number of nitrogens with zero attached hydrogens (tertiary/aromatic N) is 1. The van der Waals surface area contributed by atoms with E-state index in [0.717, 1.165) is 32.2 Å². The van der Waals surface area contributed by atoms with Gasteiger partial charge in [-0.2, -0.15) is 0 Å². The van der Waals surface area contributed by atoms with Crippen LogP contribution >= 0.6 is 0 Å². The molecule has 0 saturated heterocycles. The molecule has 0 bridgehead atoms. The minimum absolute atomic E-state index is 0.105. The second kappa shape index (κ2) is 8.88. The van der Waals surface area contributed by atoms with Crippen LogP contribution in [0, 0.1) is 0 Å². The lowest BCUT2D eigenvalue weighted by Gasteiger charge is -2.24. The first kappa shape index (κ1) is 17.9. The minimum atomic E-state index is -3.08. The fourth-order valence-corrected chi connectivity index (χ4v) is 3.33. The van der Waals surface area contributed by atoms with E-state index >= 15 is 0 Å². The minimum Gasteiger partial charge on any atom is -0.315 e. The van der Waals surface area contributed by atoms with Crippen LogP contribution in [0.3, 0.4) is 0 Å². The largest absolute Gasteiger partial charge is 0.315 e. The van der Waals surface area contributed by atoms with Crippen LogP contribution in [0.15, 0.2) is 0 Å². The van der Waals surface area contributed by atoms with Gasteiger partial charge >= 0.3 is 0 Å². The quantitative estimate of drug-likeness (QED) is 0.623. The van der Waals surface area contributed by atoms with Gasteiger partial charge in [-0.15, -0.1) is 0 Å². The smallest absolute Gasteiger partial charge is 0.214 e. The Kier molecular flexibility index (Phi) is 8.82. The van der Waals surface area contributed by atoms with Crippen LogP contribution < -0.4 is 5.32 Å². The van der Waals surface area contributed by atoms with Gasteiger partial charge in [-0.3, -0.25) is 0 Å². The molecule has 0 aromatic heterocycles. The highest BCUT2D eigenvalue weighted by Gasteiger charge is 2.21. The van der Waals surface area contributed by atoms with E-state index < -0.39 is 10.0 Å². The second-order valence-corrected chi connectivity index (χ2v) is 7.43. The van der Waals surface area contributed by atoms with E-state index in [1.54, 1.807) is 7.05 Å². The Balaban J connectivity index is 3.99. The summed E-state index contributed by atoms with van der Waals surface area (Å²) in [5.74, 6) is 0.261. The van der Waals surface area contributed by atoms with Crippen molar-refractivity contribution < 1.29 is 8.42 Å². The molecule has 0 amide bonds. The normalized spacial score (nSPS) is 14.4. The van der Waals surface area contributed by atoms with Crippen LogP contribution in [0.2, 0.25) is 0 Å². The molecule has 110 valence electrons. The molecule has 0 radical (unpaired) electrons. The topological polar surface area (TPSA) is 49.4 Å². The Morgan fingerprint density at radius 3 is 2.28 bits per heavy atom. The van der Waals surface area contributed by atoms with Crippen molar-refractivity contribution in [2.45, 2.75) is 65.5 Å². The van der Waals surface area contributed by atoms with Crippen LogP contribution in [0.4, 0.5) is 0 Å². The Morgan fingerprint density at radius 1 is 1.17 bits per heavy atom. The van der Waals surface area contributed by atoms with E-state index in [1.165, 1.54) is 4.31 Å². The van der Waals surface area contributed by atoms with Gasteiger partial charge in [0, 0.05) is 19.1 Å². The summed E-state index contributed by atoms with van der Waals surface area (Å²) in [5, 5.41) is 3.30. The van der Waals surface area contributed by atoms with Crippen molar-refractivity contribution in [3.05, 3.63) is 0 Å². The summed E-state index contributed by atoms with van der Waals surface area (Å²) in [6.07, 6.45) is 3.57. The van der Waals surface area contributed by atoms with Crippen molar-refractivity contribution in [2.24, 2.45) is 0 Å². The Labute approximate surface area is 113 Å². The van der Waals surface area contributed by atoms with E-state index in [-0.39, 0.29) is 11.8 Å². The van der Waals surface area contributed by atoms with Gasteiger partial charge in [0.1, 0.15) is 0 Å². The van der Waals surface area contributed by atoms with Crippen LogP contribution in [-0.2, 0) is 10.0 Å². The molecule has 0 aliphatic rings. The number of unbranched alkanes of at least 4 members (excludes halogenated alkanes) is 1. The van der Waals surface area contributed by atoms with Crippen LogP contribution in [0.5, 0.6) is 0 Å². The van der Waals surface area contributed by atoms with Gasteiger partial charge in [0.2, 0.25) is 10.0 Å². The molecular weight excluding hydrogens is 248 g/mol. The standard InChI is InChI=1S/C13H30N2O2S/c1-6-9-13(4)15(5)18(16,17)11-8-7-10-14-12(2)3/h12-14H,6-11H2,1-5H3. The van der Waals surface area contributed by atoms with Crippen molar-refractivity contribution in [3.8, 4) is 0 Å². The maximum Gasteiger partial charge on any atom is 0.214 e. The molecule has 0 aromatic rings. The van der Waals surface area contributed by atoms with Crippen LogP contribution in [-0.4, -0.2) is 44.2 Å². The van der Waals surface area contributed by atoms with Gasteiger partial charge in [0.15, 0.2) is 0 Å². The number of hydrogen-bond donors (Lipinski definition) is 1. The van der Waals surface area contributed by atoms with Crippen molar-refractivity contribution in [1.82, 2.24) is 9.62 Å². The average Bonchev–Trinajstić information content (AvgIpc) is 2.27. The average molecular weight is 278 g/mol. The Hall–Kier alpha value is -0.130. The third-order valence-electron chi connectivity index (χ3n) is 3.15. The predicted octanol–water partition coefficient (Wildman–Crippen LogP) is 2.21. The van der Waals surface area contributed by atoms with Crippen molar-refractivity contribution in [1.29, 1.82) is 0 Å². The predicted molar refractivity (Wildman–Crippen MR) is 78.3 cm³/mol. The SMILES string of the molecule is CCCC(C)N(C)S(=O)(=O)CCCCNC(C)C. The fourth-order valence-electron chi connectivity index (χ4n) is 1.82. The van der Waals surface area contributed by atoms with Gasteiger partial charge in [-0.25, -0.2) is 12.7 Å². The summed E-state index contributed by atoms with van der Waals surface area (Å²) in [4.78, 5) is 0. The molecule has 0 spiro atoms. The highest BCUT2D eigenvalue weighted by atomic mass is 32.2.